The van der Waals surface area contributed by atoms with Crippen LogP contribution in [-0.2, 0) is 4.79 Å². The van der Waals surface area contributed by atoms with E-state index in [0.717, 1.165) is 18.5 Å². The quantitative estimate of drug-likeness (QED) is 0.713. The highest BCUT2D eigenvalue weighted by Crippen LogP contribution is 2.28. The van der Waals surface area contributed by atoms with Crippen molar-refractivity contribution >= 4 is 5.91 Å². The molecule has 0 radical (unpaired) electrons. The molecule has 1 atom stereocenters. The van der Waals surface area contributed by atoms with Crippen molar-refractivity contribution in [3.05, 3.63) is 47.0 Å². The molecular weight excluding hydrogens is 210 g/mol. The zero-order chi connectivity index (χ0) is 12.4. The molecule has 1 aromatic rings. The van der Waals surface area contributed by atoms with Gasteiger partial charge in [0.25, 0.3) is 0 Å². The molecule has 17 heavy (non-hydrogen) atoms. The minimum Gasteiger partial charge on any atom is -0.332 e. The number of aryl methyl sites for hydroxylation is 1. The molecule has 2 rings (SSSR count). The van der Waals surface area contributed by atoms with E-state index in [1.54, 1.807) is 0 Å². The summed E-state index contributed by atoms with van der Waals surface area (Å²) in [6.07, 6.45) is 2.82. The normalized spacial score (nSPS) is 20.1. The van der Waals surface area contributed by atoms with Gasteiger partial charge in [-0.2, -0.15) is 0 Å². The highest BCUT2D eigenvalue weighted by atomic mass is 16.2. The number of hydrogen-bond donors (Lipinski definition) is 0. The Hall–Kier alpha value is -1.57. The molecule has 1 heterocycles. The van der Waals surface area contributed by atoms with Crippen LogP contribution in [0.15, 0.2) is 35.9 Å². The Morgan fingerprint density at radius 2 is 1.94 bits per heavy atom. The molecule has 90 valence electrons. The van der Waals surface area contributed by atoms with E-state index in [1.807, 2.05) is 17.9 Å². The van der Waals surface area contributed by atoms with Crippen LogP contribution >= 0.6 is 0 Å². The first kappa shape index (κ1) is 11.9. The van der Waals surface area contributed by atoms with Crippen molar-refractivity contribution < 1.29 is 4.79 Å². The molecule has 1 aromatic carbocycles. The summed E-state index contributed by atoms with van der Waals surface area (Å²) in [5, 5.41) is 0. The van der Waals surface area contributed by atoms with E-state index in [-0.39, 0.29) is 11.9 Å². The number of amides is 1. The number of nitrogens with zero attached hydrogens (tertiary/aromatic N) is 1. The Bertz CT molecular complexity index is 444. The first-order valence-corrected chi connectivity index (χ1v) is 6.16. The third kappa shape index (κ3) is 2.26. The third-order valence-electron chi connectivity index (χ3n) is 3.53. The zero-order valence-corrected chi connectivity index (χ0v) is 10.7. The standard InChI is InChI=1S/C15H19NO/c1-4-13-9-10-16(15(13)17)12(3)14-7-5-11(2)6-8-14/h4-8,12H,9-10H2,1-3H3/b13-4+. The van der Waals surface area contributed by atoms with Crippen molar-refractivity contribution in [1.29, 1.82) is 0 Å². The Morgan fingerprint density at radius 1 is 1.29 bits per heavy atom. The van der Waals surface area contributed by atoms with Gasteiger partial charge in [-0.25, -0.2) is 0 Å². The molecule has 0 aromatic heterocycles. The number of likely N-dealkylation sites (tertiary alicyclic amines) is 1. The first-order valence-electron chi connectivity index (χ1n) is 6.16. The molecule has 0 spiro atoms. The summed E-state index contributed by atoms with van der Waals surface area (Å²) < 4.78 is 0. The Balaban J connectivity index is 2.19. The molecule has 0 saturated carbocycles. The van der Waals surface area contributed by atoms with Gasteiger partial charge < -0.3 is 4.90 Å². The molecule has 1 unspecified atom stereocenters. The molecule has 0 bridgehead atoms. The predicted molar refractivity (Wildman–Crippen MR) is 69.7 cm³/mol. The third-order valence-corrected chi connectivity index (χ3v) is 3.53. The molecule has 2 heteroatoms. The summed E-state index contributed by atoms with van der Waals surface area (Å²) in [6, 6.07) is 8.59. The van der Waals surface area contributed by atoms with Crippen LogP contribution < -0.4 is 0 Å². The second kappa shape index (κ2) is 4.74. The lowest BCUT2D eigenvalue weighted by molar-refractivity contribution is -0.126. The topological polar surface area (TPSA) is 20.3 Å². The van der Waals surface area contributed by atoms with Crippen LogP contribution in [0.25, 0.3) is 0 Å². The average Bonchev–Trinajstić information content (AvgIpc) is 2.70. The summed E-state index contributed by atoms with van der Waals surface area (Å²) in [4.78, 5) is 14.0. The molecule has 1 fully saturated rings. The Labute approximate surface area is 103 Å². The molecule has 1 aliphatic heterocycles. The number of rotatable bonds is 2. The lowest BCUT2D eigenvalue weighted by Gasteiger charge is -2.24. The van der Waals surface area contributed by atoms with E-state index in [0.29, 0.717) is 0 Å². The zero-order valence-electron chi connectivity index (χ0n) is 10.7. The molecule has 0 N–H and O–H groups in total. The summed E-state index contributed by atoms with van der Waals surface area (Å²) in [6.45, 7) is 6.95. The van der Waals surface area contributed by atoms with Crippen LogP contribution in [0.5, 0.6) is 0 Å². The fourth-order valence-electron chi connectivity index (χ4n) is 2.30. The molecular formula is C15H19NO. The van der Waals surface area contributed by atoms with Gasteiger partial charge in [-0.05, 0) is 32.8 Å². The van der Waals surface area contributed by atoms with Crippen LogP contribution in [0.1, 0.15) is 37.4 Å². The van der Waals surface area contributed by atoms with E-state index >= 15 is 0 Å². The number of carbonyl (C=O) groups excluding carboxylic acids is 1. The SMILES string of the molecule is C/C=C1\CCN(C(C)c2ccc(C)cc2)C1=O. The van der Waals surface area contributed by atoms with Gasteiger partial charge in [0.05, 0.1) is 6.04 Å². The van der Waals surface area contributed by atoms with Crippen molar-refractivity contribution in [3.63, 3.8) is 0 Å². The maximum absolute atomic E-state index is 12.1. The van der Waals surface area contributed by atoms with Crippen LogP contribution in [0.2, 0.25) is 0 Å². The lowest BCUT2D eigenvalue weighted by atomic mass is 10.1. The van der Waals surface area contributed by atoms with E-state index in [4.69, 9.17) is 0 Å². The Kier molecular flexibility index (Phi) is 3.32. The summed E-state index contributed by atoms with van der Waals surface area (Å²) in [5.74, 6) is 0.195. The van der Waals surface area contributed by atoms with E-state index in [9.17, 15) is 4.79 Å². The first-order chi connectivity index (χ1) is 8.13. The van der Waals surface area contributed by atoms with Gasteiger partial charge in [-0.1, -0.05) is 35.9 Å². The number of carbonyl (C=O) groups is 1. The average molecular weight is 229 g/mol. The highest BCUT2D eigenvalue weighted by molar-refractivity contribution is 5.95. The van der Waals surface area contributed by atoms with Crippen LogP contribution in [-0.4, -0.2) is 17.4 Å². The van der Waals surface area contributed by atoms with Gasteiger partial charge in [0.1, 0.15) is 0 Å². The molecule has 1 aliphatic rings. The molecule has 1 amide bonds. The van der Waals surface area contributed by atoms with Crippen LogP contribution in [0, 0.1) is 6.92 Å². The Morgan fingerprint density at radius 3 is 2.47 bits per heavy atom. The van der Waals surface area contributed by atoms with Gasteiger partial charge in [-0.15, -0.1) is 0 Å². The lowest BCUT2D eigenvalue weighted by Crippen LogP contribution is -2.28. The fraction of sp³-hybridized carbons (Fsp3) is 0.400. The van der Waals surface area contributed by atoms with E-state index < -0.39 is 0 Å². The minimum atomic E-state index is 0.167. The summed E-state index contributed by atoms with van der Waals surface area (Å²) >= 11 is 0. The van der Waals surface area contributed by atoms with E-state index in [2.05, 4.69) is 38.1 Å². The fourth-order valence-corrected chi connectivity index (χ4v) is 2.30. The smallest absolute Gasteiger partial charge is 0.250 e. The summed E-state index contributed by atoms with van der Waals surface area (Å²) in [5.41, 5.74) is 3.41. The van der Waals surface area contributed by atoms with Crippen molar-refractivity contribution in [1.82, 2.24) is 4.90 Å². The van der Waals surface area contributed by atoms with Gasteiger partial charge >= 0.3 is 0 Å². The molecule has 0 aliphatic carbocycles. The minimum absolute atomic E-state index is 0.167. The molecule has 2 nitrogen and oxygen atoms in total. The van der Waals surface area contributed by atoms with E-state index in [1.165, 1.54) is 11.1 Å². The second-order valence-corrected chi connectivity index (χ2v) is 4.65. The van der Waals surface area contributed by atoms with Crippen molar-refractivity contribution in [2.75, 3.05) is 6.54 Å². The number of benzene rings is 1. The van der Waals surface area contributed by atoms with Crippen molar-refractivity contribution in [2.24, 2.45) is 0 Å². The summed E-state index contributed by atoms with van der Waals surface area (Å²) in [7, 11) is 0. The van der Waals surface area contributed by atoms with Gasteiger partial charge in [0, 0.05) is 12.1 Å². The monoisotopic (exact) mass is 229 g/mol. The van der Waals surface area contributed by atoms with Gasteiger partial charge in [0.15, 0.2) is 0 Å². The number of allylic oxidation sites excluding steroid dienone is 1. The maximum atomic E-state index is 12.1. The molecule has 1 saturated heterocycles. The van der Waals surface area contributed by atoms with Crippen LogP contribution in [0.3, 0.4) is 0 Å². The largest absolute Gasteiger partial charge is 0.332 e. The predicted octanol–water partition coefficient (Wildman–Crippen LogP) is 3.23. The van der Waals surface area contributed by atoms with Crippen molar-refractivity contribution in [3.8, 4) is 0 Å². The number of hydrogen-bond acceptors (Lipinski definition) is 1. The highest BCUT2D eigenvalue weighted by Gasteiger charge is 2.29. The van der Waals surface area contributed by atoms with Crippen LogP contribution in [0.4, 0.5) is 0 Å². The van der Waals surface area contributed by atoms with Gasteiger partial charge in [0.2, 0.25) is 5.91 Å². The second-order valence-electron chi connectivity index (χ2n) is 4.65. The maximum Gasteiger partial charge on any atom is 0.250 e. The van der Waals surface area contributed by atoms with Gasteiger partial charge in [-0.3, -0.25) is 4.79 Å². The van der Waals surface area contributed by atoms with Crippen molar-refractivity contribution in [2.45, 2.75) is 33.2 Å².